The zero-order chi connectivity index (χ0) is 15.9. The summed E-state index contributed by atoms with van der Waals surface area (Å²) in [5.41, 5.74) is 1.06. The normalized spacial score (nSPS) is 11.7. The second kappa shape index (κ2) is 5.03. The zero-order valence-corrected chi connectivity index (χ0v) is 13.0. The number of imidazole rings is 1. The van der Waals surface area contributed by atoms with E-state index in [0.717, 1.165) is 3.97 Å². The number of methoxy groups -OCH3 is 1. The van der Waals surface area contributed by atoms with Crippen LogP contribution in [0.4, 0.5) is 0 Å². The van der Waals surface area contributed by atoms with Crippen LogP contribution in [0, 0.1) is 5.41 Å². The molecule has 0 radical (unpaired) electrons. The first kappa shape index (κ1) is 14.4. The number of para-hydroxylation sites is 2. The van der Waals surface area contributed by atoms with E-state index in [-0.39, 0.29) is 10.5 Å². The topological polar surface area (TPSA) is 77.1 Å². The van der Waals surface area contributed by atoms with Gasteiger partial charge in [0.1, 0.15) is 5.75 Å². The van der Waals surface area contributed by atoms with Gasteiger partial charge in [-0.3, -0.25) is 5.41 Å². The summed E-state index contributed by atoms with van der Waals surface area (Å²) < 4.78 is 33.4. The average Bonchev–Trinajstić information content (AvgIpc) is 2.80. The number of aryl methyl sites for hydroxylation is 1. The standard InChI is InChI=1S/C15H15N3O3S/c1-17-13-5-3-4-6-14(13)18(15(17)16)22(19,20)12-9-7-11(21-2)8-10-12/h3-10,16H,1-2H3. The molecular formula is C15H15N3O3S. The molecule has 1 aromatic heterocycles. The lowest BCUT2D eigenvalue weighted by Crippen LogP contribution is -2.28. The Morgan fingerprint density at radius 2 is 1.59 bits per heavy atom. The van der Waals surface area contributed by atoms with Crippen LogP contribution in [-0.2, 0) is 17.1 Å². The minimum atomic E-state index is -3.85. The molecule has 0 atom stereocenters. The highest BCUT2D eigenvalue weighted by Crippen LogP contribution is 2.21. The van der Waals surface area contributed by atoms with Crippen molar-refractivity contribution in [2.45, 2.75) is 4.90 Å². The number of nitrogens with one attached hydrogen (secondary N) is 1. The maximum atomic E-state index is 12.9. The van der Waals surface area contributed by atoms with Crippen LogP contribution in [0.15, 0.2) is 53.4 Å². The van der Waals surface area contributed by atoms with Gasteiger partial charge < -0.3 is 9.30 Å². The molecule has 114 valence electrons. The molecule has 1 heterocycles. The number of rotatable bonds is 3. The Kier molecular flexibility index (Phi) is 3.29. The molecule has 0 aliphatic rings. The zero-order valence-electron chi connectivity index (χ0n) is 12.1. The predicted molar refractivity (Wildman–Crippen MR) is 82.3 cm³/mol. The van der Waals surface area contributed by atoms with E-state index < -0.39 is 10.0 Å². The predicted octanol–water partition coefficient (Wildman–Crippen LogP) is 1.70. The van der Waals surface area contributed by atoms with Crippen LogP contribution < -0.4 is 10.4 Å². The molecule has 1 N–H and O–H groups in total. The van der Waals surface area contributed by atoms with Gasteiger partial charge in [0.15, 0.2) is 0 Å². The van der Waals surface area contributed by atoms with Crippen molar-refractivity contribution in [2.24, 2.45) is 7.05 Å². The first-order valence-electron chi connectivity index (χ1n) is 6.57. The summed E-state index contributed by atoms with van der Waals surface area (Å²) in [6.07, 6.45) is 0. The van der Waals surface area contributed by atoms with Crippen LogP contribution in [0.1, 0.15) is 0 Å². The molecule has 0 aliphatic carbocycles. The highest BCUT2D eigenvalue weighted by molar-refractivity contribution is 7.90. The van der Waals surface area contributed by atoms with Crippen molar-refractivity contribution >= 4 is 21.1 Å². The van der Waals surface area contributed by atoms with Gasteiger partial charge in [0.05, 0.1) is 23.0 Å². The lowest BCUT2D eigenvalue weighted by molar-refractivity contribution is 0.414. The molecule has 0 spiro atoms. The van der Waals surface area contributed by atoms with Crippen LogP contribution in [0.2, 0.25) is 0 Å². The average molecular weight is 317 g/mol. The number of nitrogens with zero attached hydrogens (tertiary/aromatic N) is 2. The van der Waals surface area contributed by atoms with Gasteiger partial charge >= 0.3 is 0 Å². The summed E-state index contributed by atoms with van der Waals surface area (Å²) in [6, 6.07) is 13.2. The SMILES string of the molecule is COc1ccc(S(=O)(=O)n2c(=N)n(C)c3ccccc32)cc1. The molecule has 0 bridgehead atoms. The van der Waals surface area contributed by atoms with Crippen LogP contribution >= 0.6 is 0 Å². The van der Waals surface area contributed by atoms with Crippen molar-refractivity contribution < 1.29 is 13.2 Å². The van der Waals surface area contributed by atoms with Crippen LogP contribution in [-0.4, -0.2) is 24.1 Å². The fourth-order valence-corrected chi connectivity index (χ4v) is 3.83. The minimum absolute atomic E-state index is 0.1000. The van der Waals surface area contributed by atoms with Crippen molar-refractivity contribution in [1.82, 2.24) is 8.54 Å². The van der Waals surface area contributed by atoms with Gasteiger partial charge in [-0.15, -0.1) is 0 Å². The van der Waals surface area contributed by atoms with Crippen molar-refractivity contribution in [3.8, 4) is 5.75 Å². The molecular weight excluding hydrogens is 302 g/mol. The van der Waals surface area contributed by atoms with Gasteiger partial charge in [-0.2, -0.15) is 0 Å². The van der Waals surface area contributed by atoms with E-state index in [1.165, 1.54) is 23.8 Å². The lowest BCUT2D eigenvalue weighted by atomic mass is 10.3. The Bertz CT molecular complexity index is 999. The van der Waals surface area contributed by atoms with Gasteiger partial charge in [-0.25, -0.2) is 12.4 Å². The Labute approximate surface area is 127 Å². The maximum Gasteiger partial charge on any atom is 0.271 e. The Balaban J connectivity index is 2.29. The van der Waals surface area contributed by atoms with Crippen molar-refractivity contribution in [3.05, 3.63) is 54.1 Å². The Morgan fingerprint density at radius 1 is 1.00 bits per heavy atom. The third-order valence-electron chi connectivity index (χ3n) is 3.57. The number of ether oxygens (including phenoxy) is 1. The first-order chi connectivity index (χ1) is 10.5. The Morgan fingerprint density at radius 3 is 2.18 bits per heavy atom. The van der Waals surface area contributed by atoms with Crippen LogP contribution in [0.25, 0.3) is 11.0 Å². The summed E-state index contributed by atoms with van der Waals surface area (Å²) >= 11 is 0. The summed E-state index contributed by atoms with van der Waals surface area (Å²) in [6.45, 7) is 0. The maximum absolute atomic E-state index is 12.9. The van der Waals surface area contributed by atoms with E-state index >= 15 is 0 Å². The molecule has 3 rings (SSSR count). The van der Waals surface area contributed by atoms with Gasteiger partial charge in [0.25, 0.3) is 10.0 Å². The second-order valence-electron chi connectivity index (χ2n) is 4.82. The third kappa shape index (κ3) is 2.01. The summed E-state index contributed by atoms with van der Waals surface area (Å²) in [7, 11) is -0.658. The molecule has 0 amide bonds. The molecule has 7 heteroatoms. The highest BCUT2D eigenvalue weighted by atomic mass is 32.2. The largest absolute Gasteiger partial charge is 0.497 e. The van der Waals surface area contributed by atoms with E-state index in [1.807, 2.05) is 6.07 Å². The number of hydrogen-bond donors (Lipinski definition) is 1. The number of hydrogen-bond acceptors (Lipinski definition) is 4. The van der Waals surface area contributed by atoms with E-state index in [4.69, 9.17) is 10.1 Å². The van der Waals surface area contributed by atoms with Gasteiger partial charge in [0.2, 0.25) is 5.62 Å². The highest BCUT2D eigenvalue weighted by Gasteiger charge is 2.22. The van der Waals surface area contributed by atoms with Crippen molar-refractivity contribution in [2.75, 3.05) is 7.11 Å². The smallest absolute Gasteiger partial charge is 0.271 e. The molecule has 0 unspecified atom stereocenters. The van der Waals surface area contributed by atoms with Crippen LogP contribution in [0.5, 0.6) is 5.75 Å². The monoisotopic (exact) mass is 317 g/mol. The van der Waals surface area contributed by atoms with Crippen molar-refractivity contribution in [3.63, 3.8) is 0 Å². The van der Waals surface area contributed by atoms with E-state index in [2.05, 4.69) is 0 Å². The van der Waals surface area contributed by atoms with Gasteiger partial charge in [0, 0.05) is 7.05 Å². The Hall–Kier alpha value is -2.54. The summed E-state index contributed by atoms with van der Waals surface area (Å²) in [4.78, 5) is 0.114. The quantitative estimate of drug-likeness (QED) is 0.799. The summed E-state index contributed by atoms with van der Waals surface area (Å²) in [5.74, 6) is 0.577. The fraction of sp³-hybridized carbons (Fsp3) is 0.133. The third-order valence-corrected chi connectivity index (χ3v) is 5.29. The molecule has 22 heavy (non-hydrogen) atoms. The molecule has 0 saturated carbocycles. The van der Waals surface area contributed by atoms with Gasteiger partial charge in [-0.05, 0) is 36.4 Å². The molecule has 6 nitrogen and oxygen atoms in total. The van der Waals surface area contributed by atoms with Crippen LogP contribution in [0.3, 0.4) is 0 Å². The molecule has 0 fully saturated rings. The fourth-order valence-electron chi connectivity index (χ4n) is 2.38. The lowest BCUT2D eigenvalue weighted by Gasteiger charge is -2.07. The molecule has 2 aromatic carbocycles. The number of aromatic nitrogens is 2. The van der Waals surface area contributed by atoms with Gasteiger partial charge in [-0.1, -0.05) is 12.1 Å². The van der Waals surface area contributed by atoms with E-state index in [9.17, 15) is 8.42 Å². The van der Waals surface area contributed by atoms with Crippen molar-refractivity contribution in [1.29, 1.82) is 5.41 Å². The molecule has 3 aromatic rings. The first-order valence-corrected chi connectivity index (χ1v) is 8.01. The number of fused-ring (bicyclic) bond motifs is 1. The molecule has 0 aliphatic heterocycles. The summed E-state index contributed by atoms with van der Waals surface area (Å²) in [5, 5.41) is 8.13. The number of benzene rings is 2. The second-order valence-corrected chi connectivity index (χ2v) is 6.60. The molecule has 0 saturated heterocycles. The minimum Gasteiger partial charge on any atom is -0.497 e. The van der Waals surface area contributed by atoms with E-state index in [1.54, 1.807) is 37.4 Å². The van der Waals surface area contributed by atoms with E-state index in [0.29, 0.717) is 16.8 Å².